The number of hydrogen-bond donors (Lipinski definition) is 1. The van der Waals surface area contributed by atoms with Crippen molar-refractivity contribution in [1.29, 1.82) is 0 Å². The van der Waals surface area contributed by atoms with Crippen molar-refractivity contribution < 1.29 is 0 Å². The summed E-state index contributed by atoms with van der Waals surface area (Å²) in [5, 5.41) is 3.90. The third-order valence-electron chi connectivity index (χ3n) is 4.83. The largest absolute Gasteiger partial charge is 0.312 e. The van der Waals surface area contributed by atoms with Crippen LogP contribution in [0.5, 0.6) is 0 Å². The van der Waals surface area contributed by atoms with Crippen LogP contribution in [0, 0.1) is 17.3 Å². The number of nitrogens with one attached hydrogen (secondary N) is 1. The van der Waals surface area contributed by atoms with Gasteiger partial charge in [0.15, 0.2) is 0 Å². The summed E-state index contributed by atoms with van der Waals surface area (Å²) in [4.78, 5) is 2.80. The first-order chi connectivity index (χ1) is 9.77. The molecule has 1 rings (SSSR count). The van der Waals surface area contributed by atoms with E-state index in [9.17, 15) is 0 Å². The van der Waals surface area contributed by atoms with Gasteiger partial charge < -0.3 is 5.32 Å². The predicted molar refractivity (Wildman–Crippen MR) is 94.8 cm³/mol. The fraction of sp³-hybridized carbons (Fsp3) is 1.00. The minimum absolute atomic E-state index is 0.421. The summed E-state index contributed by atoms with van der Waals surface area (Å²) >= 11 is 0. The molecule has 2 heteroatoms. The van der Waals surface area contributed by atoms with Gasteiger partial charge in [0.05, 0.1) is 0 Å². The molecule has 0 bridgehead atoms. The molecule has 1 fully saturated rings. The van der Waals surface area contributed by atoms with Gasteiger partial charge in [0.1, 0.15) is 0 Å². The lowest BCUT2D eigenvalue weighted by Crippen LogP contribution is -2.60. The quantitative estimate of drug-likeness (QED) is 0.707. The van der Waals surface area contributed by atoms with Crippen molar-refractivity contribution >= 4 is 0 Å². The lowest BCUT2D eigenvalue weighted by Gasteiger charge is -2.49. The van der Waals surface area contributed by atoms with E-state index in [0.717, 1.165) is 18.4 Å². The van der Waals surface area contributed by atoms with Gasteiger partial charge in [-0.05, 0) is 43.1 Å². The van der Waals surface area contributed by atoms with Gasteiger partial charge in [-0.25, -0.2) is 0 Å². The molecule has 126 valence electrons. The molecule has 2 nitrogen and oxygen atoms in total. The van der Waals surface area contributed by atoms with Crippen LogP contribution >= 0.6 is 0 Å². The molecule has 21 heavy (non-hydrogen) atoms. The van der Waals surface area contributed by atoms with Crippen LogP contribution in [0.3, 0.4) is 0 Å². The van der Waals surface area contributed by atoms with Gasteiger partial charge in [-0.2, -0.15) is 0 Å². The van der Waals surface area contributed by atoms with Crippen LogP contribution in [0.2, 0.25) is 0 Å². The Bertz CT molecular complexity index is 273. The first kappa shape index (κ1) is 19.0. The molecule has 0 amide bonds. The molecule has 1 saturated carbocycles. The van der Waals surface area contributed by atoms with E-state index in [1.807, 2.05) is 0 Å². The average molecular weight is 297 g/mol. The number of nitrogens with zero attached hydrogens (tertiary/aromatic N) is 1. The summed E-state index contributed by atoms with van der Waals surface area (Å²) in [5.74, 6) is 1.50. The Labute approximate surface area is 134 Å². The van der Waals surface area contributed by atoms with Gasteiger partial charge >= 0.3 is 0 Å². The molecule has 0 heterocycles. The molecule has 0 aromatic rings. The van der Waals surface area contributed by atoms with E-state index in [1.54, 1.807) is 0 Å². The van der Waals surface area contributed by atoms with Gasteiger partial charge in [-0.3, -0.25) is 4.90 Å². The molecule has 2 unspecified atom stereocenters. The third kappa shape index (κ3) is 5.90. The van der Waals surface area contributed by atoms with E-state index >= 15 is 0 Å². The Kier molecular flexibility index (Phi) is 7.70. The van der Waals surface area contributed by atoms with Crippen LogP contribution in [-0.2, 0) is 0 Å². The molecular formula is C19H40N2. The summed E-state index contributed by atoms with van der Waals surface area (Å²) in [6.45, 7) is 20.3. The molecule has 0 aromatic heterocycles. The standard InChI is InChI=1S/C19H40N2/c1-8-12-20-18-17(10-9-11-19(18,6)7)21(13-15(2)3)14-16(4)5/h15-18,20H,8-14H2,1-7H3. The zero-order valence-electron chi connectivity index (χ0n) is 15.7. The Morgan fingerprint density at radius 3 is 2.14 bits per heavy atom. The first-order valence-electron chi connectivity index (χ1n) is 9.25. The van der Waals surface area contributed by atoms with Crippen molar-refractivity contribution in [2.75, 3.05) is 19.6 Å². The molecule has 0 saturated heterocycles. The predicted octanol–water partition coefficient (Wildman–Crippen LogP) is 4.55. The van der Waals surface area contributed by atoms with Gasteiger partial charge in [-0.1, -0.05) is 54.9 Å². The van der Waals surface area contributed by atoms with Gasteiger partial charge in [0.2, 0.25) is 0 Å². The van der Waals surface area contributed by atoms with Crippen molar-refractivity contribution in [3.63, 3.8) is 0 Å². The maximum Gasteiger partial charge on any atom is 0.0274 e. The second-order valence-electron chi connectivity index (χ2n) is 8.62. The number of hydrogen-bond acceptors (Lipinski definition) is 2. The first-order valence-corrected chi connectivity index (χ1v) is 9.25. The zero-order valence-corrected chi connectivity index (χ0v) is 15.7. The fourth-order valence-corrected chi connectivity index (χ4v) is 4.00. The van der Waals surface area contributed by atoms with E-state index in [1.165, 1.54) is 38.8 Å². The monoisotopic (exact) mass is 296 g/mol. The Hall–Kier alpha value is -0.0800. The summed E-state index contributed by atoms with van der Waals surface area (Å²) in [6.07, 6.45) is 5.34. The van der Waals surface area contributed by atoms with Crippen LogP contribution < -0.4 is 5.32 Å². The maximum absolute atomic E-state index is 3.90. The van der Waals surface area contributed by atoms with Gasteiger partial charge in [0, 0.05) is 25.2 Å². The SMILES string of the molecule is CCCNC1C(N(CC(C)C)CC(C)C)CCCC1(C)C. The summed E-state index contributed by atoms with van der Waals surface area (Å²) < 4.78 is 0. The van der Waals surface area contributed by atoms with E-state index in [-0.39, 0.29) is 0 Å². The van der Waals surface area contributed by atoms with Gasteiger partial charge in [-0.15, -0.1) is 0 Å². The highest BCUT2D eigenvalue weighted by molar-refractivity contribution is 4.98. The van der Waals surface area contributed by atoms with E-state index < -0.39 is 0 Å². The van der Waals surface area contributed by atoms with Gasteiger partial charge in [0.25, 0.3) is 0 Å². The minimum Gasteiger partial charge on any atom is -0.312 e. The Balaban J connectivity index is 2.88. The summed E-state index contributed by atoms with van der Waals surface area (Å²) in [5.41, 5.74) is 0.421. The highest BCUT2D eigenvalue weighted by atomic mass is 15.2. The van der Waals surface area contributed by atoms with Crippen molar-refractivity contribution in [3.8, 4) is 0 Å². The molecule has 1 aliphatic carbocycles. The molecule has 0 radical (unpaired) electrons. The van der Waals surface area contributed by atoms with E-state index in [0.29, 0.717) is 17.5 Å². The summed E-state index contributed by atoms with van der Waals surface area (Å²) in [7, 11) is 0. The molecule has 0 spiro atoms. The van der Waals surface area contributed by atoms with Crippen molar-refractivity contribution in [2.45, 2.75) is 86.2 Å². The normalized spacial score (nSPS) is 26.0. The highest BCUT2D eigenvalue weighted by Crippen LogP contribution is 2.38. The maximum atomic E-state index is 3.90. The molecule has 0 aromatic carbocycles. The Morgan fingerprint density at radius 2 is 1.67 bits per heavy atom. The molecule has 0 aliphatic heterocycles. The second-order valence-corrected chi connectivity index (χ2v) is 8.62. The molecule has 2 atom stereocenters. The van der Waals surface area contributed by atoms with Crippen LogP contribution in [0.4, 0.5) is 0 Å². The van der Waals surface area contributed by atoms with Crippen LogP contribution in [0.25, 0.3) is 0 Å². The fourth-order valence-electron chi connectivity index (χ4n) is 4.00. The van der Waals surface area contributed by atoms with E-state index in [2.05, 4.69) is 58.7 Å². The lowest BCUT2D eigenvalue weighted by atomic mass is 9.70. The van der Waals surface area contributed by atoms with E-state index in [4.69, 9.17) is 0 Å². The molecule has 1 aliphatic rings. The van der Waals surface area contributed by atoms with Crippen molar-refractivity contribution in [1.82, 2.24) is 10.2 Å². The third-order valence-corrected chi connectivity index (χ3v) is 4.83. The summed E-state index contributed by atoms with van der Waals surface area (Å²) in [6, 6.07) is 1.36. The van der Waals surface area contributed by atoms with Crippen LogP contribution in [0.1, 0.15) is 74.1 Å². The number of rotatable bonds is 8. The molecule has 1 N–H and O–H groups in total. The molecular weight excluding hydrogens is 256 g/mol. The lowest BCUT2D eigenvalue weighted by molar-refractivity contribution is 0.0353. The average Bonchev–Trinajstić information content (AvgIpc) is 2.34. The van der Waals surface area contributed by atoms with Crippen molar-refractivity contribution in [2.24, 2.45) is 17.3 Å². The van der Waals surface area contributed by atoms with Crippen LogP contribution in [-0.4, -0.2) is 36.6 Å². The topological polar surface area (TPSA) is 15.3 Å². The minimum atomic E-state index is 0.421. The highest BCUT2D eigenvalue weighted by Gasteiger charge is 2.41. The Morgan fingerprint density at radius 1 is 1.10 bits per heavy atom. The second kappa shape index (κ2) is 8.53. The smallest absolute Gasteiger partial charge is 0.0274 e. The zero-order chi connectivity index (χ0) is 16.0. The van der Waals surface area contributed by atoms with Crippen LogP contribution in [0.15, 0.2) is 0 Å². The van der Waals surface area contributed by atoms with Crippen molar-refractivity contribution in [3.05, 3.63) is 0 Å².